The van der Waals surface area contributed by atoms with Gasteiger partial charge in [0.15, 0.2) is 0 Å². The highest BCUT2D eigenvalue weighted by molar-refractivity contribution is 7.47. The zero-order valence-corrected chi connectivity index (χ0v) is 18.8. The molecule has 156 valence electrons. The fraction of sp³-hybridized carbons (Fsp3) is 0.727. The number of benzene rings is 1. The van der Waals surface area contributed by atoms with Gasteiger partial charge in [-0.3, -0.25) is 9.42 Å². The van der Waals surface area contributed by atoms with Crippen LogP contribution in [0.1, 0.15) is 91.5 Å². The zero-order chi connectivity index (χ0) is 20.3. The summed E-state index contributed by atoms with van der Waals surface area (Å²) in [6.07, 6.45) is 8.95. The quantitative estimate of drug-likeness (QED) is 0.265. The van der Waals surface area contributed by atoms with Crippen LogP contribution in [0.4, 0.5) is 0 Å². The summed E-state index contributed by atoms with van der Waals surface area (Å²) in [4.78, 5) is 10.0. The highest BCUT2D eigenvalue weighted by Gasteiger charge is 2.25. The third-order valence-electron chi connectivity index (χ3n) is 5.28. The fourth-order valence-corrected chi connectivity index (χ4v) is 4.03. The van der Waals surface area contributed by atoms with Crippen LogP contribution in [0.5, 0.6) is 5.75 Å². The van der Waals surface area contributed by atoms with Crippen molar-refractivity contribution in [1.82, 2.24) is 0 Å². The molecule has 0 saturated carbocycles. The Morgan fingerprint density at radius 1 is 1.04 bits per heavy atom. The van der Waals surface area contributed by atoms with E-state index in [1.807, 2.05) is 12.1 Å². The van der Waals surface area contributed by atoms with Crippen LogP contribution in [0.15, 0.2) is 24.3 Å². The van der Waals surface area contributed by atoms with Crippen molar-refractivity contribution in [3.05, 3.63) is 29.8 Å². The number of hydrogen-bond donors (Lipinski definition) is 1. The first-order chi connectivity index (χ1) is 12.7. The minimum absolute atomic E-state index is 0.0841. The number of hydrogen-bond acceptors (Lipinski definition) is 3. The largest absolute Gasteiger partial charge is 0.527 e. The second-order valence-electron chi connectivity index (χ2n) is 8.14. The molecule has 0 aliphatic carbocycles. The van der Waals surface area contributed by atoms with Crippen LogP contribution in [0, 0.1) is 5.92 Å². The van der Waals surface area contributed by atoms with Crippen molar-refractivity contribution in [2.45, 2.75) is 91.4 Å². The molecule has 0 spiro atoms. The van der Waals surface area contributed by atoms with Crippen LogP contribution < -0.4 is 4.52 Å². The molecule has 0 heterocycles. The van der Waals surface area contributed by atoms with Crippen molar-refractivity contribution in [2.75, 3.05) is 6.61 Å². The molecule has 0 bridgehead atoms. The molecule has 0 amide bonds. The van der Waals surface area contributed by atoms with Gasteiger partial charge in [0, 0.05) is 0 Å². The second-order valence-corrected chi connectivity index (χ2v) is 9.52. The molecule has 2 atom stereocenters. The van der Waals surface area contributed by atoms with Gasteiger partial charge in [0.1, 0.15) is 5.75 Å². The van der Waals surface area contributed by atoms with E-state index in [1.165, 1.54) is 24.8 Å². The first-order valence-corrected chi connectivity index (χ1v) is 12.0. The molecular weight excluding hydrogens is 359 g/mol. The Kier molecular flexibility index (Phi) is 10.7. The maximum Gasteiger partial charge on any atom is 0.527 e. The van der Waals surface area contributed by atoms with Gasteiger partial charge in [-0.15, -0.1) is 0 Å². The lowest BCUT2D eigenvalue weighted by Crippen LogP contribution is -2.16. The van der Waals surface area contributed by atoms with Crippen LogP contribution in [-0.2, 0) is 14.5 Å². The molecule has 5 heteroatoms. The van der Waals surface area contributed by atoms with Crippen LogP contribution in [0.2, 0.25) is 0 Å². The molecular formula is C22H39O4P. The number of unbranched alkanes of at least 4 members (excludes halogenated alkanes) is 3. The maximum absolute atomic E-state index is 12.2. The van der Waals surface area contributed by atoms with E-state index in [4.69, 9.17) is 9.05 Å². The van der Waals surface area contributed by atoms with Gasteiger partial charge < -0.3 is 4.52 Å². The monoisotopic (exact) mass is 398 g/mol. The smallest absolute Gasteiger partial charge is 0.404 e. The Morgan fingerprint density at radius 3 is 2.22 bits per heavy atom. The summed E-state index contributed by atoms with van der Waals surface area (Å²) in [5.74, 6) is 0.663. The lowest BCUT2D eigenvalue weighted by molar-refractivity contribution is 0.166. The SMILES string of the molecule is CCCCCC(C)(C)c1ccc(OP(=O)(O)OCC(CC)CCCC)cc1. The third-order valence-corrected chi connectivity index (χ3v) is 6.20. The highest BCUT2D eigenvalue weighted by Crippen LogP contribution is 2.45. The van der Waals surface area contributed by atoms with Gasteiger partial charge in [0.2, 0.25) is 0 Å². The van der Waals surface area contributed by atoms with E-state index in [0.717, 1.165) is 32.1 Å². The molecule has 4 nitrogen and oxygen atoms in total. The van der Waals surface area contributed by atoms with Crippen LogP contribution in [0.3, 0.4) is 0 Å². The Balaban J connectivity index is 2.61. The Hall–Kier alpha value is -0.830. The van der Waals surface area contributed by atoms with Crippen molar-refractivity contribution in [3.8, 4) is 5.75 Å². The molecule has 0 aliphatic heterocycles. The first-order valence-electron chi connectivity index (χ1n) is 10.5. The van der Waals surface area contributed by atoms with E-state index in [1.54, 1.807) is 12.1 Å². The summed E-state index contributed by atoms with van der Waals surface area (Å²) >= 11 is 0. The van der Waals surface area contributed by atoms with Gasteiger partial charge >= 0.3 is 7.82 Å². The Labute approximate surface area is 166 Å². The molecule has 1 rings (SSSR count). The Morgan fingerprint density at radius 2 is 1.67 bits per heavy atom. The van der Waals surface area contributed by atoms with E-state index in [2.05, 4.69) is 34.6 Å². The van der Waals surface area contributed by atoms with Gasteiger partial charge in [-0.1, -0.05) is 85.3 Å². The maximum atomic E-state index is 12.2. The average Bonchev–Trinajstić information content (AvgIpc) is 2.62. The van der Waals surface area contributed by atoms with Crippen molar-refractivity contribution in [3.63, 3.8) is 0 Å². The molecule has 0 saturated heterocycles. The summed E-state index contributed by atoms with van der Waals surface area (Å²) in [7, 11) is -4.09. The number of phosphoric acid groups is 1. The average molecular weight is 399 g/mol. The van der Waals surface area contributed by atoms with Gasteiger partial charge in [-0.05, 0) is 41.9 Å². The molecule has 27 heavy (non-hydrogen) atoms. The second kappa shape index (κ2) is 11.9. The topological polar surface area (TPSA) is 55.8 Å². The molecule has 0 fully saturated rings. The molecule has 0 aromatic heterocycles. The summed E-state index contributed by atoms with van der Waals surface area (Å²) < 4.78 is 22.7. The van der Waals surface area contributed by atoms with Crippen molar-refractivity contribution >= 4 is 7.82 Å². The van der Waals surface area contributed by atoms with E-state index >= 15 is 0 Å². The first kappa shape index (κ1) is 24.2. The van der Waals surface area contributed by atoms with Crippen LogP contribution in [-0.4, -0.2) is 11.5 Å². The summed E-state index contributed by atoms with van der Waals surface area (Å²) in [6, 6.07) is 7.49. The third kappa shape index (κ3) is 9.27. The van der Waals surface area contributed by atoms with Gasteiger partial charge in [0.05, 0.1) is 6.61 Å². The van der Waals surface area contributed by atoms with Gasteiger partial charge in [-0.25, -0.2) is 4.57 Å². The molecule has 1 N–H and O–H groups in total. The van der Waals surface area contributed by atoms with E-state index < -0.39 is 7.82 Å². The molecule has 0 aliphatic rings. The van der Waals surface area contributed by atoms with E-state index in [9.17, 15) is 9.46 Å². The number of rotatable bonds is 14. The van der Waals surface area contributed by atoms with Crippen molar-refractivity contribution in [1.29, 1.82) is 0 Å². The van der Waals surface area contributed by atoms with E-state index in [-0.39, 0.29) is 12.0 Å². The summed E-state index contributed by atoms with van der Waals surface area (Å²) in [5, 5.41) is 0. The minimum Gasteiger partial charge on any atom is -0.404 e. The highest BCUT2D eigenvalue weighted by atomic mass is 31.2. The van der Waals surface area contributed by atoms with Crippen molar-refractivity contribution < 1.29 is 18.5 Å². The number of phosphoric ester groups is 1. The molecule has 1 aromatic carbocycles. The molecule has 2 unspecified atom stereocenters. The fourth-order valence-electron chi connectivity index (χ4n) is 3.19. The van der Waals surface area contributed by atoms with E-state index in [0.29, 0.717) is 11.7 Å². The van der Waals surface area contributed by atoms with Crippen molar-refractivity contribution in [2.24, 2.45) is 5.92 Å². The Bertz CT molecular complexity index is 568. The van der Waals surface area contributed by atoms with Crippen LogP contribution >= 0.6 is 7.82 Å². The van der Waals surface area contributed by atoms with Gasteiger partial charge in [-0.2, -0.15) is 0 Å². The minimum atomic E-state index is -4.09. The molecule has 0 radical (unpaired) electrons. The summed E-state index contributed by atoms with van der Waals surface area (Å²) in [6.45, 7) is 11.2. The zero-order valence-electron chi connectivity index (χ0n) is 17.9. The van der Waals surface area contributed by atoms with Crippen LogP contribution in [0.25, 0.3) is 0 Å². The predicted molar refractivity (Wildman–Crippen MR) is 113 cm³/mol. The molecule has 1 aromatic rings. The lowest BCUT2D eigenvalue weighted by atomic mass is 9.80. The van der Waals surface area contributed by atoms with Gasteiger partial charge in [0.25, 0.3) is 0 Å². The standard InChI is InChI=1S/C22H39O4P/c1-6-9-11-17-22(4,5)20-13-15-21(16-14-20)26-27(23,24)25-18-19(8-3)12-10-7-2/h13-16,19H,6-12,17-18H2,1-5H3,(H,23,24). The lowest BCUT2D eigenvalue weighted by Gasteiger charge is -2.25. The predicted octanol–water partition coefficient (Wildman–Crippen LogP) is 7.26. The normalized spacial score (nSPS) is 15.3. The summed E-state index contributed by atoms with van der Waals surface area (Å²) in [5.41, 5.74) is 1.30.